The van der Waals surface area contributed by atoms with Gasteiger partial charge in [-0.3, -0.25) is 29.4 Å². The second kappa shape index (κ2) is 11.7. The predicted molar refractivity (Wildman–Crippen MR) is 166 cm³/mol. The molecule has 0 radical (unpaired) electrons. The lowest BCUT2D eigenvalue weighted by atomic mass is 9.73. The number of non-ortho nitro benzene ring substituents is 1. The van der Waals surface area contributed by atoms with Gasteiger partial charge in [0, 0.05) is 17.7 Å². The minimum atomic E-state index is -0.753. The number of esters is 1. The highest BCUT2D eigenvalue weighted by Gasteiger charge is 2.64. The van der Waals surface area contributed by atoms with E-state index in [1.807, 2.05) is 18.2 Å². The largest absolute Gasteiger partial charge is 0.457 e. The molecule has 0 aromatic heterocycles. The Morgan fingerprint density at radius 3 is 2.15 bits per heavy atom. The number of nitro benzene ring substituents is 1. The van der Waals surface area contributed by atoms with Gasteiger partial charge in [0.25, 0.3) is 5.69 Å². The third kappa shape index (κ3) is 5.21. The maximum Gasteiger partial charge on any atom is 0.338 e. The minimum Gasteiger partial charge on any atom is -0.457 e. The number of fused-ring (bicyclic) bond motifs is 5. The molecule has 10 heteroatoms. The first kappa shape index (κ1) is 29.1. The van der Waals surface area contributed by atoms with Crippen molar-refractivity contribution in [3.8, 4) is 11.5 Å². The van der Waals surface area contributed by atoms with Crippen molar-refractivity contribution in [3.05, 3.63) is 130 Å². The van der Waals surface area contributed by atoms with Crippen LogP contribution in [0.2, 0.25) is 0 Å². The highest BCUT2D eigenvalue weighted by Crippen LogP contribution is 2.61. The molecule has 1 saturated heterocycles. The Morgan fingerprint density at radius 1 is 0.783 bits per heavy atom. The topological polar surface area (TPSA) is 133 Å². The summed E-state index contributed by atoms with van der Waals surface area (Å²) in [5.74, 6) is -0.994. The summed E-state index contributed by atoms with van der Waals surface area (Å²) in [6, 6.07) is 28.1. The van der Waals surface area contributed by atoms with Crippen LogP contribution in [0.5, 0.6) is 11.5 Å². The van der Waals surface area contributed by atoms with Gasteiger partial charge in [-0.25, -0.2) is 4.79 Å². The van der Waals surface area contributed by atoms with E-state index in [2.05, 4.69) is 12.1 Å². The molecule has 2 bridgehead atoms. The van der Waals surface area contributed by atoms with Crippen molar-refractivity contribution in [1.82, 2.24) is 0 Å². The summed E-state index contributed by atoms with van der Waals surface area (Å²) in [4.78, 5) is 64.5. The van der Waals surface area contributed by atoms with Crippen LogP contribution < -0.4 is 9.64 Å². The number of amides is 2. The van der Waals surface area contributed by atoms with Crippen molar-refractivity contribution in [2.45, 2.75) is 18.8 Å². The molecule has 2 aliphatic carbocycles. The highest BCUT2D eigenvalue weighted by atomic mass is 16.6. The SMILES string of the molecule is O=C(COC(=O)c1cccc(N2C(=O)[C@@H]3[C@@H]4C[C@@H]([C@H]3C2=O)[C@@H](c2ccccc2)C4)c1)c1ccc(Oc2ccc([N+](=O)[O-])cc2)cc1. The maximum atomic E-state index is 13.7. The normalized spacial score (nSPS) is 22.9. The van der Waals surface area contributed by atoms with Crippen LogP contribution in [0.1, 0.15) is 45.0 Å². The number of nitrogens with zero attached hydrogens (tertiary/aromatic N) is 2. The molecule has 4 aromatic carbocycles. The van der Waals surface area contributed by atoms with Crippen LogP contribution in [0.15, 0.2) is 103 Å². The lowest BCUT2D eigenvalue weighted by Crippen LogP contribution is -2.33. The summed E-state index contributed by atoms with van der Waals surface area (Å²) < 4.78 is 11.0. The number of benzene rings is 4. The average molecular weight is 617 g/mol. The molecule has 3 fully saturated rings. The standard InChI is InChI=1S/C36H28N2O8/c39-31(22-9-13-27(14-10-22)46-28-15-11-25(12-16-28)38(43)44)20-45-36(42)23-7-4-8-26(17-23)37-34(40)32-24-18-29(21-5-2-1-3-6-21)30(19-24)33(32)35(37)41/h1-17,24,29-30,32-33H,18-20H2/t24-,29+,30+,32+,33+/m0/s1. The van der Waals surface area contributed by atoms with E-state index in [1.165, 1.54) is 59.0 Å². The second-order valence-electron chi connectivity index (χ2n) is 11.9. The van der Waals surface area contributed by atoms with Gasteiger partial charge in [-0.2, -0.15) is 0 Å². The van der Waals surface area contributed by atoms with Crippen LogP contribution in [0.25, 0.3) is 0 Å². The highest BCUT2D eigenvalue weighted by molar-refractivity contribution is 6.23. The molecule has 4 aromatic rings. The van der Waals surface area contributed by atoms with Gasteiger partial charge >= 0.3 is 5.97 Å². The van der Waals surface area contributed by atoms with Gasteiger partial charge < -0.3 is 9.47 Å². The van der Waals surface area contributed by atoms with E-state index in [0.717, 1.165) is 12.8 Å². The van der Waals surface area contributed by atoms with Gasteiger partial charge in [-0.1, -0.05) is 36.4 Å². The zero-order valence-electron chi connectivity index (χ0n) is 24.5. The number of carbonyl (C=O) groups excluding carboxylic acids is 4. The van der Waals surface area contributed by atoms with Crippen LogP contribution in [-0.4, -0.2) is 35.1 Å². The number of anilines is 1. The van der Waals surface area contributed by atoms with Crippen LogP contribution in [0.4, 0.5) is 11.4 Å². The van der Waals surface area contributed by atoms with E-state index in [0.29, 0.717) is 22.7 Å². The first-order chi connectivity index (χ1) is 22.3. The van der Waals surface area contributed by atoms with E-state index in [1.54, 1.807) is 24.3 Å². The van der Waals surface area contributed by atoms with Crippen LogP contribution >= 0.6 is 0 Å². The van der Waals surface area contributed by atoms with Crippen LogP contribution in [-0.2, 0) is 14.3 Å². The number of imide groups is 1. The third-order valence-corrected chi connectivity index (χ3v) is 9.38. The van der Waals surface area contributed by atoms with E-state index >= 15 is 0 Å². The monoisotopic (exact) mass is 616 g/mol. The number of nitro groups is 1. The Bertz CT molecular complexity index is 1860. The zero-order valence-corrected chi connectivity index (χ0v) is 24.5. The molecule has 3 aliphatic rings. The molecule has 0 unspecified atom stereocenters. The predicted octanol–water partition coefficient (Wildman–Crippen LogP) is 6.36. The average Bonchev–Trinajstić information content (AvgIpc) is 3.75. The second-order valence-corrected chi connectivity index (χ2v) is 11.9. The lowest BCUT2D eigenvalue weighted by Gasteiger charge is -2.28. The number of rotatable bonds is 9. The fraction of sp³-hybridized carbons (Fsp3) is 0.222. The summed E-state index contributed by atoms with van der Waals surface area (Å²) in [5.41, 5.74) is 1.89. The van der Waals surface area contributed by atoms with Crippen molar-refractivity contribution in [3.63, 3.8) is 0 Å². The molecule has 2 amide bonds. The summed E-state index contributed by atoms with van der Waals surface area (Å²) >= 11 is 0. The molecule has 5 atom stereocenters. The van der Waals surface area contributed by atoms with Crippen molar-refractivity contribution in [2.24, 2.45) is 23.7 Å². The number of ether oxygens (including phenoxy) is 2. The molecule has 7 rings (SSSR count). The molecule has 46 heavy (non-hydrogen) atoms. The van der Waals surface area contributed by atoms with Gasteiger partial charge in [0.05, 0.1) is 28.0 Å². The Labute approximate surface area is 263 Å². The van der Waals surface area contributed by atoms with Gasteiger partial charge in [0.2, 0.25) is 11.8 Å². The van der Waals surface area contributed by atoms with Gasteiger partial charge in [0.1, 0.15) is 11.5 Å². The molecule has 2 saturated carbocycles. The van der Waals surface area contributed by atoms with E-state index < -0.39 is 23.3 Å². The quantitative estimate of drug-likeness (QED) is 0.0698. The van der Waals surface area contributed by atoms with E-state index in [4.69, 9.17) is 9.47 Å². The first-order valence-corrected chi connectivity index (χ1v) is 15.0. The number of hydrogen-bond donors (Lipinski definition) is 0. The molecule has 0 N–H and O–H groups in total. The molecule has 10 nitrogen and oxygen atoms in total. The first-order valence-electron chi connectivity index (χ1n) is 15.0. The van der Waals surface area contributed by atoms with Gasteiger partial charge in [-0.05, 0) is 90.8 Å². The molecule has 1 heterocycles. The molecule has 230 valence electrons. The number of Topliss-reactive ketones (excluding diaryl/α,β-unsaturated/α-hetero) is 1. The van der Waals surface area contributed by atoms with Crippen molar-refractivity contribution >= 4 is 34.9 Å². The molecule has 1 aliphatic heterocycles. The Kier molecular flexibility index (Phi) is 7.40. The Hall–Kier alpha value is -5.64. The van der Waals surface area contributed by atoms with E-state index in [9.17, 15) is 29.3 Å². The van der Waals surface area contributed by atoms with Crippen LogP contribution in [0.3, 0.4) is 0 Å². The number of carbonyl (C=O) groups is 4. The smallest absolute Gasteiger partial charge is 0.338 e. The Morgan fingerprint density at radius 2 is 1.46 bits per heavy atom. The molecular formula is C36H28N2O8. The zero-order chi connectivity index (χ0) is 31.9. The third-order valence-electron chi connectivity index (χ3n) is 9.38. The van der Waals surface area contributed by atoms with Crippen LogP contribution in [0, 0.1) is 33.8 Å². The van der Waals surface area contributed by atoms with Crippen molar-refractivity contribution in [2.75, 3.05) is 11.5 Å². The van der Waals surface area contributed by atoms with Gasteiger partial charge in [-0.15, -0.1) is 0 Å². The number of hydrogen-bond acceptors (Lipinski definition) is 8. The maximum absolute atomic E-state index is 13.7. The van der Waals surface area contributed by atoms with E-state index in [-0.39, 0.29) is 52.7 Å². The fourth-order valence-electron chi connectivity index (χ4n) is 7.35. The summed E-state index contributed by atoms with van der Waals surface area (Å²) in [7, 11) is 0. The Balaban J connectivity index is 0.979. The van der Waals surface area contributed by atoms with Gasteiger partial charge in [0.15, 0.2) is 12.4 Å². The number of ketones is 1. The summed E-state index contributed by atoms with van der Waals surface area (Å²) in [6.45, 7) is -0.512. The minimum absolute atomic E-state index is 0.0566. The van der Waals surface area contributed by atoms with Crippen molar-refractivity contribution in [1.29, 1.82) is 0 Å². The molecular weight excluding hydrogens is 588 g/mol. The lowest BCUT2D eigenvalue weighted by molar-refractivity contribution is -0.384. The summed E-state index contributed by atoms with van der Waals surface area (Å²) in [5, 5.41) is 10.8. The molecule has 0 spiro atoms. The summed E-state index contributed by atoms with van der Waals surface area (Å²) in [6.07, 6.45) is 1.76. The van der Waals surface area contributed by atoms with Crippen molar-refractivity contribution < 1.29 is 33.6 Å². The fourth-order valence-corrected chi connectivity index (χ4v) is 7.35.